The van der Waals surface area contributed by atoms with E-state index in [4.69, 9.17) is 18.9 Å². The van der Waals surface area contributed by atoms with Crippen LogP contribution in [0.1, 0.15) is 76.8 Å². The molecule has 0 spiro atoms. The molecule has 0 fully saturated rings. The maximum absolute atomic E-state index is 12.6. The Bertz CT molecular complexity index is 708. The van der Waals surface area contributed by atoms with Crippen molar-refractivity contribution in [3.63, 3.8) is 0 Å². The number of benzene rings is 1. The summed E-state index contributed by atoms with van der Waals surface area (Å²) in [6.45, 7) is 8.48. The first-order valence-electron chi connectivity index (χ1n) is 11.0. The largest absolute Gasteiger partial charge is 0.467 e. The van der Waals surface area contributed by atoms with Crippen LogP contribution in [0, 0.1) is 5.92 Å². The van der Waals surface area contributed by atoms with Gasteiger partial charge in [0, 0.05) is 31.6 Å². The molecule has 5 nitrogen and oxygen atoms in total. The second kappa shape index (κ2) is 12.1. The van der Waals surface area contributed by atoms with Gasteiger partial charge >= 0.3 is 0 Å². The molecule has 30 heavy (non-hydrogen) atoms. The lowest BCUT2D eigenvalue weighted by Crippen LogP contribution is -2.26. The first-order valence-corrected chi connectivity index (χ1v) is 11.0. The van der Waals surface area contributed by atoms with Crippen molar-refractivity contribution in [2.24, 2.45) is 5.92 Å². The van der Waals surface area contributed by atoms with Crippen molar-refractivity contribution < 1.29 is 23.7 Å². The number of unbranched alkanes of at least 4 members (excludes halogenated alkanes) is 2. The quantitative estimate of drug-likeness (QED) is 0.244. The zero-order valence-electron chi connectivity index (χ0n) is 19.5. The molecule has 2 rings (SSSR count). The van der Waals surface area contributed by atoms with Crippen LogP contribution in [0.15, 0.2) is 23.3 Å². The molecule has 2 atom stereocenters. The highest BCUT2D eigenvalue weighted by atomic mass is 16.7. The Kier molecular flexibility index (Phi) is 9.86. The van der Waals surface area contributed by atoms with E-state index < -0.39 is 0 Å². The Labute approximate surface area is 181 Å². The SMILES string of the molecule is CCCCCc1cc(OCOC)c([C@@H]2CC(C)=C(C)C[C@H]2C(C)=O)c(OCOC)c1. The molecule has 0 saturated carbocycles. The summed E-state index contributed by atoms with van der Waals surface area (Å²) in [6.07, 6.45) is 6.02. The third-order valence-corrected chi connectivity index (χ3v) is 6.06. The average molecular weight is 419 g/mol. The predicted molar refractivity (Wildman–Crippen MR) is 119 cm³/mol. The number of hydrogen-bond acceptors (Lipinski definition) is 5. The summed E-state index contributed by atoms with van der Waals surface area (Å²) in [5, 5.41) is 0. The monoisotopic (exact) mass is 418 g/mol. The van der Waals surface area contributed by atoms with Crippen molar-refractivity contribution in [1.82, 2.24) is 0 Å². The minimum atomic E-state index is -0.0885. The molecule has 0 aliphatic heterocycles. The lowest BCUT2D eigenvalue weighted by atomic mass is 9.71. The third-order valence-electron chi connectivity index (χ3n) is 6.06. The minimum absolute atomic E-state index is 0.00889. The molecule has 1 aromatic carbocycles. The molecule has 0 heterocycles. The van der Waals surface area contributed by atoms with E-state index in [1.165, 1.54) is 29.6 Å². The van der Waals surface area contributed by atoms with Gasteiger partial charge in [0.15, 0.2) is 13.6 Å². The van der Waals surface area contributed by atoms with Gasteiger partial charge in [0.1, 0.15) is 17.3 Å². The fourth-order valence-corrected chi connectivity index (χ4v) is 4.25. The number of Topliss-reactive ketones (excluding diaryl/α,β-unsaturated/α-hetero) is 1. The van der Waals surface area contributed by atoms with E-state index in [0.717, 1.165) is 42.7 Å². The normalized spacial score (nSPS) is 19.1. The van der Waals surface area contributed by atoms with Crippen LogP contribution in [0.4, 0.5) is 0 Å². The predicted octanol–water partition coefficient (Wildman–Crippen LogP) is 5.80. The molecule has 5 heteroatoms. The van der Waals surface area contributed by atoms with Gasteiger partial charge in [-0.2, -0.15) is 0 Å². The Balaban J connectivity index is 2.55. The van der Waals surface area contributed by atoms with Gasteiger partial charge < -0.3 is 18.9 Å². The number of carbonyl (C=O) groups is 1. The summed E-state index contributed by atoms with van der Waals surface area (Å²) in [7, 11) is 3.23. The number of carbonyl (C=O) groups excluding carboxylic acids is 1. The van der Waals surface area contributed by atoms with Gasteiger partial charge in [-0.05, 0) is 64.2 Å². The van der Waals surface area contributed by atoms with E-state index in [1.54, 1.807) is 21.1 Å². The first kappa shape index (κ1) is 24.4. The van der Waals surface area contributed by atoms with E-state index in [-0.39, 0.29) is 31.2 Å². The standard InChI is InChI=1S/C25H38O5/c1-7-8-9-10-20-13-23(29-15-27-5)25(24(14-20)30-16-28-6)22-12-18(3)17(2)11-21(22)19(4)26/h13-14,21-22H,7-12,15-16H2,1-6H3/t21-,22+/m0/s1. The van der Waals surface area contributed by atoms with Gasteiger partial charge in [-0.3, -0.25) is 4.79 Å². The van der Waals surface area contributed by atoms with E-state index >= 15 is 0 Å². The minimum Gasteiger partial charge on any atom is -0.467 e. The molecule has 0 saturated heterocycles. The molecule has 0 aromatic heterocycles. The zero-order chi connectivity index (χ0) is 22.1. The Morgan fingerprint density at radius 3 is 2.03 bits per heavy atom. The smallest absolute Gasteiger partial charge is 0.188 e. The van der Waals surface area contributed by atoms with Crippen molar-refractivity contribution in [1.29, 1.82) is 0 Å². The van der Waals surface area contributed by atoms with Gasteiger partial charge in [0.05, 0.1) is 0 Å². The number of rotatable bonds is 12. The van der Waals surface area contributed by atoms with Crippen LogP contribution in [-0.2, 0) is 20.7 Å². The second-order valence-electron chi connectivity index (χ2n) is 8.36. The molecule has 1 aliphatic carbocycles. The van der Waals surface area contributed by atoms with E-state index in [9.17, 15) is 4.79 Å². The number of hydrogen-bond donors (Lipinski definition) is 0. The van der Waals surface area contributed by atoms with Crippen molar-refractivity contribution in [3.05, 3.63) is 34.4 Å². The first-order chi connectivity index (χ1) is 14.4. The molecular weight excluding hydrogens is 380 g/mol. The Morgan fingerprint density at radius 2 is 1.53 bits per heavy atom. The average Bonchev–Trinajstić information content (AvgIpc) is 2.72. The van der Waals surface area contributed by atoms with Crippen LogP contribution < -0.4 is 9.47 Å². The molecule has 0 bridgehead atoms. The summed E-state index contributed by atoms with van der Waals surface area (Å²) in [5.74, 6) is 1.62. The lowest BCUT2D eigenvalue weighted by molar-refractivity contribution is -0.121. The fourth-order valence-electron chi connectivity index (χ4n) is 4.25. The zero-order valence-corrected chi connectivity index (χ0v) is 19.5. The highest BCUT2D eigenvalue weighted by Crippen LogP contribution is 2.48. The van der Waals surface area contributed by atoms with Crippen LogP contribution in [0.5, 0.6) is 11.5 Å². The highest BCUT2D eigenvalue weighted by molar-refractivity contribution is 5.80. The molecule has 0 N–H and O–H groups in total. The van der Waals surface area contributed by atoms with Crippen LogP contribution in [0.2, 0.25) is 0 Å². The summed E-state index contributed by atoms with van der Waals surface area (Å²) in [6, 6.07) is 4.20. The lowest BCUT2D eigenvalue weighted by Gasteiger charge is -2.34. The van der Waals surface area contributed by atoms with Crippen LogP contribution in [0.25, 0.3) is 0 Å². The van der Waals surface area contributed by atoms with Crippen LogP contribution >= 0.6 is 0 Å². The van der Waals surface area contributed by atoms with Crippen molar-refractivity contribution >= 4 is 5.78 Å². The molecule has 0 unspecified atom stereocenters. The maximum Gasteiger partial charge on any atom is 0.188 e. The van der Waals surface area contributed by atoms with Crippen molar-refractivity contribution in [3.8, 4) is 11.5 Å². The third kappa shape index (κ3) is 6.32. The number of aryl methyl sites for hydroxylation is 1. The molecule has 1 aliphatic rings. The molecule has 1 aromatic rings. The summed E-state index contributed by atoms with van der Waals surface area (Å²) < 4.78 is 22.4. The van der Waals surface area contributed by atoms with Gasteiger partial charge in [-0.15, -0.1) is 0 Å². The van der Waals surface area contributed by atoms with E-state index in [0.29, 0.717) is 0 Å². The topological polar surface area (TPSA) is 54.0 Å². The molecule has 0 amide bonds. The number of ketones is 1. The summed E-state index contributed by atoms with van der Waals surface area (Å²) >= 11 is 0. The molecule has 168 valence electrons. The van der Waals surface area contributed by atoms with Crippen molar-refractivity contribution in [2.75, 3.05) is 27.8 Å². The van der Waals surface area contributed by atoms with E-state index in [1.807, 2.05) is 0 Å². The summed E-state index contributed by atoms with van der Waals surface area (Å²) in [5.41, 5.74) is 4.76. The van der Waals surface area contributed by atoms with Gasteiger partial charge in [0.25, 0.3) is 0 Å². The van der Waals surface area contributed by atoms with Gasteiger partial charge in [-0.1, -0.05) is 30.9 Å². The molecular formula is C25H38O5. The summed E-state index contributed by atoms with van der Waals surface area (Å²) in [4.78, 5) is 12.6. The number of allylic oxidation sites excluding steroid dienone is 2. The Hall–Kier alpha value is -1.85. The van der Waals surface area contributed by atoms with E-state index in [2.05, 4.69) is 32.9 Å². The number of ether oxygens (including phenoxy) is 4. The maximum atomic E-state index is 12.6. The number of methoxy groups -OCH3 is 2. The highest BCUT2D eigenvalue weighted by Gasteiger charge is 2.35. The second-order valence-corrected chi connectivity index (χ2v) is 8.36. The van der Waals surface area contributed by atoms with Crippen LogP contribution in [0.3, 0.4) is 0 Å². The van der Waals surface area contributed by atoms with Gasteiger partial charge in [0.2, 0.25) is 0 Å². The van der Waals surface area contributed by atoms with Crippen LogP contribution in [-0.4, -0.2) is 33.6 Å². The fraction of sp³-hybridized carbons (Fsp3) is 0.640. The molecule has 0 radical (unpaired) electrons. The van der Waals surface area contributed by atoms with Crippen molar-refractivity contribution in [2.45, 2.75) is 72.1 Å². The van der Waals surface area contributed by atoms with Gasteiger partial charge in [-0.25, -0.2) is 0 Å². The Morgan fingerprint density at radius 1 is 0.967 bits per heavy atom.